The Hall–Kier alpha value is -1.78. The van der Waals surface area contributed by atoms with E-state index in [1.165, 1.54) is 27.9 Å². The quantitative estimate of drug-likeness (QED) is 0.885. The molecule has 2 aromatic rings. The molecule has 3 heterocycles. The Balaban J connectivity index is 1.50. The van der Waals surface area contributed by atoms with Crippen LogP contribution < -0.4 is 5.32 Å². The maximum absolute atomic E-state index is 12.3. The van der Waals surface area contributed by atoms with Crippen molar-refractivity contribution in [3.8, 4) is 0 Å². The number of aromatic nitrogens is 2. The number of amides is 1. The number of fused-ring (bicyclic) bond motifs is 1. The van der Waals surface area contributed by atoms with Gasteiger partial charge in [-0.3, -0.25) is 10.1 Å². The SMILES string of the molecule is O=C(Nc1nc2c(s1)CN(S(=O)(=O)C1CC1)CC2)c1ccno1. The van der Waals surface area contributed by atoms with Gasteiger partial charge in [0.2, 0.25) is 15.8 Å². The third kappa shape index (κ3) is 2.77. The minimum Gasteiger partial charge on any atom is -0.351 e. The van der Waals surface area contributed by atoms with E-state index < -0.39 is 15.9 Å². The lowest BCUT2D eigenvalue weighted by molar-refractivity contribution is 0.0988. The summed E-state index contributed by atoms with van der Waals surface area (Å²) in [5.74, 6) is -0.313. The van der Waals surface area contributed by atoms with Crippen LogP contribution in [0.15, 0.2) is 16.8 Å². The van der Waals surface area contributed by atoms with Crippen LogP contribution in [0.3, 0.4) is 0 Å². The van der Waals surface area contributed by atoms with Crippen LogP contribution in [0.1, 0.15) is 34.0 Å². The number of thiazole rings is 1. The fraction of sp³-hybridized carbons (Fsp3) is 0.462. The van der Waals surface area contributed by atoms with Gasteiger partial charge >= 0.3 is 0 Å². The first kappa shape index (κ1) is 14.8. The van der Waals surface area contributed by atoms with E-state index in [1.807, 2.05) is 0 Å². The highest BCUT2D eigenvalue weighted by atomic mass is 32.2. The molecule has 0 saturated heterocycles. The summed E-state index contributed by atoms with van der Waals surface area (Å²) in [4.78, 5) is 17.2. The number of carbonyl (C=O) groups is 1. The molecule has 0 atom stereocenters. The zero-order valence-corrected chi connectivity index (χ0v) is 13.7. The third-order valence-electron chi connectivity index (χ3n) is 3.88. The van der Waals surface area contributed by atoms with Crippen molar-refractivity contribution >= 4 is 32.4 Å². The van der Waals surface area contributed by atoms with Crippen molar-refractivity contribution in [2.24, 2.45) is 0 Å². The average Bonchev–Trinajstić information content (AvgIpc) is 3.10. The average molecular weight is 354 g/mol. The molecule has 4 rings (SSSR count). The van der Waals surface area contributed by atoms with E-state index in [0.29, 0.717) is 24.6 Å². The molecule has 1 saturated carbocycles. The van der Waals surface area contributed by atoms with Gasteiger partial charge in [0.25, 0.3) is 5.91 Å². The molecule has 1 amide bonds. The summed E-state index contributed by atoms with van der Waals surface area (Å²) in [6.45, 7) is 0.787. The second-order valence-electron chi connectivity index (χ2n) is 5.55. The predicted octanol–water partition coefficient (Wildman–Crippen LogP) is 1.23. The molecule has 2 aromatic heterocycles. The second kappa shape index (κ2) is 5.39. The molecule has 2 aliphatic rings. The molecule has 122 valence electrons. The number of hydrogen-bond donors (Lipinski definition) is 1. The summed E-state index contributed by atoms with van der Waals surface area (Å²) in [5, 5.41) is 6.38. The minimum absolute atomic E-state index is 0.108. The molecular weight excluding hydrogens is 340 g/mol. The van der Waals surface area contributed by atoms with Crippen molar-refractivity contribution in [3.63, 3.8) is 0 Å². The van der Waals surface area contributed by atoms with Gasteiger partial charge in [0.1, 0.15) is 0 Å². The van der Waals surface area contributed by atoms with Gasteiger partial charge in [-0.1, -0.05) is 5.16 Å². The van der Waals surface area contributed by atoms with E-state index in [9.17, 15) is 13.2 Å². The second-order valence-corrected chi connectivity index (χ2v) is 8.84. The van der Waals surface area contributed by atoms with Crippen molar-refractivity contribution in [3.05, 3.63) is 28.6 Å². The normalized spacial score (nSPS) is 18.6. The van der Waals surface area contributed by atoms with Crippen LogP contribution in [0, 0.1) is 0 Å². The summed E-state index contributed by atoms with van der Waals surface area (Å²) in [6.07, 6.45) is 3.47. The van der Waals surface area contributed by atoms with Crippen LogP contribution in [-0.2, 0) is 23.0 Å². The molecule has 0 aromatic carbocycles. The van der Waals surface area contributed by atoms with Gasteiger partial charge in [0, 0.05) is 30.5 Å². The molecule has 0 radical (unpaired) electrons. The third-order valence-corrected chi connectivity index (χ3v) is 7.23. The van der Waals surface area contributed by atoms with Crippen LogP contribution in [0.5, 0.6) is 0 Å². The van der Waals surface area contributed by atoms with E-state index >= 15 is 0 Å². The van der Waals surface area contributed by atoms with Gasteiger partial charge in [0.05, 0.1) is 17.1 Å². The van der Waals surface area contributed by atoms with Crippen LogP contribution in [0.4, 0.5) is 5.13 Å². The zero-order chi connectivity index (χ0) is 16.0. The minimum atomic E-state index is -3.18. The fourth-order valence-corrected chi connectivity index (χ4v) is 5.42. The number of rotatable bonds is 4. The molecule has 0 unspecified atom stereocenters. The number of carbonyl (C=O) groups excluding carboxylic acids is 1. The maximum atomic E-state index is 12.3. The Morgan fingerprint density at radius 1 is 1.43 bits per heavy atom. The lowest BCUT2D eigenvalue weighted by atomic mass is 10.2. The highest BCUT2D eigenvalue weighted by molar-refractivity contribution is 7.90. The van der Waals surface area contributed by atoms with E-state index in [-0.39, 0.29) is 11.0 Å². The van der Waals surface area contributed by atoms with Crippen LogP contribution in [0.25, 0.3) is 0 Å². The molecule has 10 heteroatoms. The Labute approximate surface area is 136 Å². The standard InChI is InChI=1S/C13H14N4O4S2/c18-12(10-3-5-14-21-10)16-13-15-9-4-6-17(7-11(9)22-13)23(19,20)8-1-2-8/h3,5,8H,1-2,4,6-7H2,(H,15,16,18). The number of nitrogens with zero attached hydrogens (tertiary/aromatic N) is 3. The summed E-state index contributed by atoms with van der Waals surface area (Å²) >= 11 is 1.30. The van der Waals surface area contributed by atoms with Gasteiger partial charge in [0.15, 0.2) is 5.13 Å². The predicted molar refractivity (Wildman–Crippen MR) is 82.6 cm³/mol. The number of sulfonamides is 1. The Kier molecular flexibility index (Phi) is 3.47. The van der Waals surface area contributed by atoms with Crippen molar-refractivity contribution < 1.29 is 17.7 Å². The number of nitrogens with one attached hydrogen (secondary N) is 1. The van der Waals surface area contributed by atoms with Crippen molar-refractivity contribution in [1.82, 2.24) is 14.4 Å². The smallest absolute Gasteiger partial charge is 0.296 e. The molecule has 1 aliphatic heterocycles. The molecule has 23 heavy (non-hydrogen) atoms. The van der Waals surface area contributed by atoms with Gasteiger partial charge in [-0.25, -0.2) is 13.4 Å². The van der Waals surface area contributed by atoms with Crippen LogP contribution in [0.2, 0.25) is 0 Å². The Morgan fingerprint density at radius 2 is 2.26 bits per heavy atom. The number of hydrogen-bond acceptors (Lipinski definition) is 7. The van der Waals surface area contributed by atoms with E-state index in [4.69, 9.17) is 4.52 Å². The highest BCUT2D eigenvalue weighted by Crippen LogP contribution is 2.35. The summed E-state index contributed by atoms with van der Waals surface area (Å²) < 4.78 is 31.0. The molecule has 1 N–H and O–H groups in total. The van der Waals surface area contributed by atoms with Gasteiger partial charge < -0.3 is 4.52 Å². The number of anilines is 1. The summed E-state index contributed by atoms with van der Waals surface area (Å²) in [7, 11) is -3.18. The van der Waals surface area contributed by atoms with Gasteiger partial charge in [-0.2, -0.15) is 4.31 Å². The monoisotopic (exact) mass is 354 g/mol. The topological polar surface area (TPSA) is 105 Å². The van der Waals surface area contributed by atoms with Crippen molar-refractivity contribution in [1.29, 1.82) is 0 Å². The van der Waals surface area contributed by atoms with Gasteiger partial charge in [-0.15, -0.1) is 11.3 Å². The molecule has 1 fully saturated rings. The van der Waals surface area contributed by atoms with Crippen molar-refractivity contribution in [2.75, 3.05) is 11.9 Å². The van der Waals surface area contributed by atoms with E-state index in [0.717, 1.165) is 23.4 Å². The Bertz CT molecular complexity index is 839. The lowest BCUT2D eigenvalue weighted by Gasteiger charge is -2.25. The van der Waals surface area contributed by atoms with Gasteiger partial charge in [-0.05, 0) is 12.8 Å². The molecule has 8 nitrogen and oxygen atoms in total. The largest absolute Gasteiger partial charge is 0.351 e. The Morgan fingerprint density at radius 3 is 2.96 bits per heavy atom. The van der Waals surface area contributed by atoms with E-state index in [2.05, 4.69) is 15.5 Å². The molecule has 0 spiro atoms. The first-order chi connectivity index (χ1) is 11.0. The summed E-state index contributed by atoms with van der Waals surface area (Å²) in [5.41, 5.74) is 0.852. The van der Waals surface area contributed by atoms with Crippen LogP contribution in [-0.4, -0.2) is 40.6 Å². The fourth-order valence-electron chi connectivity index (χ4n) is 2.51. The van der Waals surface area contributed by atoms with E-state index in [1.54, 1.807) is 0 Å². The van der Waals surface area contributed by atoms with Crippen molar-refractivity contribution in [2.45, 2.75) is 31.1 Å². The molecule has 0 bridgehead atoms. The van der Waals surface area contributed by atoms with Crippen LogP contribution >= 0.6 is 11.3 Å². The maximum Gasteiger partial charge on any atom is 0.296 e. The molecule has 1 aliphatic carbocycles. The highest BCUT2D eigenvalue weighted by Gasteiger charge is 2.41. The summed E-state index contributed by atoms with van der Waals surface area (Å²) in [6, 6.07) is 1.47. The first-order valence-corrected chi connectivity index (χ1v) is 9.55. The lowest BCUT2D eigenvalue weighted by Crippen LogP contribution is -2.37. The zero-order valence-electron chi connectivity index (χ0n) is 12.1. The molecular formula is C13H14N4O4S2. The first-order valence-electron chi connectivity index (χ1n) is 7.23.